The Morgan fingerprint density at radius 3 is 1.94 bits per heavy atom. The molecule has 9 atom stereocenters. The molecule has 4 amide bonds. The number of carbonyl (C=O) groups excluding carboxylic acids is 4. The molecule has 1 saturated heterocycles. The number of nitrogens with one attached hydrogen (secondary N) is 2. The maximum absolute atomic E-state index is 14.3. The van der Waals surface area contributed by atoms with Crippen LogP contribution >= 0.6 is 0 Å². The van der Waals surface area contributed by atoms with Gasteiger partial charge in [0, 0.05) is 40.3 Å². The fourth-order valence-corrected chi connectivity index (χ4v) is 7.52. The Bertz CT molecular complexity index is 1370. The number of rotatable bonds is 22. The van der Waals surface area contributed by atoms with Crippen molar-refractivity contribution in [2.45, 2.75) is 136 Å². The van der Waals surface area contributed by atoms with Gasteiger partial charge in [0.15, 0.2) is 0 Å². The summed E-state index contributed by atoms with van der Waals surface area (Å²) in [4.78, 5) is 72.7. The number of hydrogen-bond acceptors (Lipinski definition) is 8. The van der Waals surface area contributed by atoms with E-state index in [4.69, 9.17) is 9.47 Å². The summed E-state index contributed by atoms with van der Waals surface area (Å²) in [5.41, 5.74) is 0.784. The van der Waals surface area contributed by atoms with Gasteiger partial charge in [-0.2, -0.15) is 0 Å². The number of ether oxygens (including phenoxy) is 2. The van der Waals surface area contributed by atoms with Crippen LogP contribution in [0.4, 0.5) is 0 Å². The zero-order chi connectivity index (χ0) is 41.0. The summed E-state index contributed by atoms with van der Waals surface area (Å²) in [6.07, 6.45) is 0.114. The molecule has 13 heteroatoms. The van der Waals surface area contributed by atoms with Crippen LogP contribution in [0.1, 0.15) is 87.1 Å². The van der Waals surface area contributed by atoms with Crippen LogP contribution < -0.4 is 10.6 Å². The highest BCUT2D eigenvalue weighted by atomic mass is 16.5. The first kappa shape index (κ1) is 46.6. The van der Waals surface area contributed by atoms with Crippen molar-refractivity contribution >= 4 is 29.6 Å². The Balaban J connectivity index is 2.24. The van der Waals surface area contributed by atoms with Gasteiger partial charge in [-0.3, -0.25) is 24.1 Å². The van der Waals surface area contributed by atoms with E-state index in [1.165, 1.54) is 14.2 Å². The maximum Gasteiger partial charge on any atom is 0.326 e. The number of hydrogen-bond donors (Lipinski definition) is 3. The fraction of sp³-hybridized carbons (Fsp3) is 0.732. The summed E-state index contributed by atoms with van der Waals surface area (Å²) >= 11 is 0. The molecule has 0 aliphatic carbocycles. The Kier molecular flexibility index (Phi) is 18.6. The van der Waals surface area contributed by atoms with Crippen LogP contribution in [-0.2, 0) is 39.9 Å². The van der Waals surface area contributed by atoms with E-state index in [2.05, 4.69) is 10.6 Å². The highest BCUT2D eigenvalue weighted by Gasteiger charge is 2.45. The van der Waals surface area contributed by atoms with Crippen LogP contribution in [0.2, 0.25) is 0 Å². The molecule has 13 nitrogen and oxygen atoms in total. The largest absolute Gasteiger partial charge is 0.480 e. The van der Waals surface area contributed by atoms with Gasteiger partial charge in [0.25, 0.3) is 0 Å². The molecule has 0 radical (unpaired) electrons. The number of aliphatic carboxylic acids is 1. The van der Waals surface area contributed by atoms with Gasteiger partial charge in [0.2, 0.25) is 23.6 Å². The van der Waals surface area contributed by atoms with Crippen molar-refractivity contribution in [2.24, 2.45) is 23.7 Å². The molecule has 0 bridgehead atoms. The molecule has 0 saturated carbocycles. The second-order valence-corrected chi connectivity index (χ2v) is 16.0. The minimum atomic E-state index is -1.14. The summed E-state index contributed by atoms with van der Waals surface area (Å²) in [7, 11) is 6.66. The van der Waals surface area contributed by atoms with Crippen molar-refractivity contribution in [3.05, 3.63) is 35.9 Å². The molecule has 1 aromatic carbocycles. The van der Waals surface area contributed by atoms with Crippen LogP contribution in [0.5, 0.6) is 0 Å². The quantitative estimate of drug-likeness (QED) is 0.160. The lowest BCUT2D eigenvalue weighted by Gasteiger charge is -2.47. The molecule has 3 N–H and O–H groups in total. The summed E-state index contributed by atoms with van der Waals surface area (Å²) < 4.78 is 11.8. The van der Waals surface area contributed by atoms with Crippen LogP contribution in [0.25, 0.3) is 0 Å². The lowest BCUT2D eigenvalue weighted by molar-refractivity contribution is -0.156. The van der Waals surface area contributed by atoms with Gasteiger partial charge in [-0.25, -0.2) is 4.79 Å². The normalized spacial score (nSPS) is 19.0. The Morgan fingerprint density at radius 1 is 0.889 bits per heavy atom. The first-order chi connectivity index (χ1) is 25.3. The first-order valence-electron chi connectivity index (χ1n) is 19.5. The summed E-state index contributed by atoms with van der Waals surface area (Å²) in [5, 5.41) is 15.6. The van der Waals surface area contributed by atoms with Crippen molar-refractivity contribution in [1.29, 1.82) is 0 Å². The molecule has 2 rings (SSSR count). The van der Waals surface area contributed by atoms with Crippen molar-refractivity contribution in [1.82, 2.24) is 25.3 Å². The van der Waals surface area contributed by atoms with Crippen LogP contribution in [0, 0.1) is 23.7 Å². The predicted octanol–water partition coefficient (Wildman–Crippen LogP) is 3.83. The number of carbonyl (C=O) groups is 5. The van der Waals surface area contributed by atoms with E-state index in [0.29, 0.717) is 13.0 Å². The van der Waals surface area contributed by atoms with Crippen molar-refractivity contribution in [3.63, 3.8) is 0 Å². The standard InChI is InChI=1S/C41H69N5O8/c1-14-27(8)36(45(11)40(50)34(24(2)3)43-39(49)35(25(4)5)44(10)26(6)7)32(53-12)23-33(47)46-21-20-31(46)37(54-13)28(9)38(48)42-30(41(51)52)22-29-18-16-15-17-19-29/h15-19,24-28,30-32,34-37H,14,20-23H2,1-13H3,(H,42,48)(H,43,49)(H,51,52)/t27-,28+,30-,31-,32+,34-,35-,36-,37+/m0/s1. The number of nitrogens with zero attached hydrogens (tertiary/aromatic N) is 3. The predicted molar refractivity (Wildman–Crippen MR) is 210 cm³/mol. The summed E-state index contributed by atoms with van der Waals surface area (Å²) in [5.74, 6) is -3.22. The fourth-order valence-electron chi connectivity index (χ4n) is 7.52. The van der Waals surface area contributed by atoms with Gasteiger partial charge < -0.3 is 35.0 Å². The molecule has 0 aromatic heterocycles. The molecule has 1 aliphatic heterocycles. The van der Waals surface area contributed by atoms with Gasteiger partial charge in [0.1, 0.15) is 12.1 Å². The monoisotopic (exact) mass is 760 g/mol. The van der Waals surface area contributed by atoms with Gasteiger partial charge in [-0.05, 0) is 50.6 Å². The highest BCUT2D eigenvalue weighted by molar-refractivity contribution is 5.90. The molecular weight excluding hydrogens is 690 g/mol. The average Bonchev–Trinajstić information content (AvgIpc) is 3.10. The first-order valence-corrected chi connectivity index (χ1v) is 19.5. The summed E-state index contributed by atoms with van der Waals surface area (Å²) in [6, 6.07) is 6.01. The van der Waals surface area contributed by atoms with Crippen molar-refractivity contribution < 1.29 is 38.6 Å². The Labute approximate surface area is 323 Å². The Hall–Kier alpha value is -3.55. The average molecular weight is 760 g/mol. The maximum atomic E-state index is 14.3. The molecular formula is C41H69N5O8. The lowest BCUT2D eigenvalue weighted by atomic mass is 9.86. The number of likely N-dealkylation sites (tertiary alicyclic amines) is 1. The Morgan fingerprint density at radius 2 is 1.50 bits per heavy atom. The minimum absolute atomic E-state index is 0.0118. The van der Waals surface area contributed by atoms with E-state index in [9.17, 15) is 29.1 Å². The van der Waals surface area contributed by atoms with E-state index in [1.54, 1.807) is 23.8 Å². The van der Waals surface area contributed by atoms with Crippen LogP contribution in [-0.4, -0.2) is 133 Å². The topological polar surface area (TPSA) is 158 Å². The van der Waals surface area contributed by atoms with E-state index < -0.39 is 60.2 Å². The SMILES string of the molecule is CC[C@H](C)[C@@H]([C@@H](CC(=O)N1CC[C@H]1[C@H](OC)[C@@H](C)C(=O)N[C@@H](Cc1ccccc1)C(=O)O)OC)N(C)C(=O)[C@@H](NC(=O)[C@H](C(C)C)N(C)C(C)C)C(C)C. The molecule has 1 fully saturated rings. The second-order valence-electron chi connectivity index (χ2n) is 16.0. The van der Waals surface area contributed by atoms with E-state index in [-0.39, 0.29) is 54.4 Å². The van der Waals surface area contributed by atoms with Crippen molar-refractivity contribution in [2.75, 3.05) is 34.9 Å². The number of benzene rings is 1. The third kappa shape index (κ3) is 12.0. The van der Waals surface area contributed by atoms with Gasteiger partial charge in [0.05, 0.1) is 42.7 Å². The lowest BCUT2D eigenvalue weighted by Crippen LogP contribution is -2.62. The molecule has 54 heavy (non-hydrogen) atoms. The molecule has 0 spiro atoms. The zero-order valence-corrected chi connectivity index (χ0v) is 35.0. The number of carboxylic acids is 1. The summed E-state index contributed by atoms with van der Waals surface area (Å²) in [6.45, 7) is 18.1. The molecule has 1 aliphatic rings. The van der Waals surface area contributed by atoms with Crippen LogP contribution in [0.3, 0.4) is 0 Å². The number of methoxy groups -OCH3 is 2. The molecule has 0 unspecified atom stereocenters. The van der Waals surface area contributed by atoms with Gasteiger partial charge >= 0.3 is 5.97 Å². The molecule has 1 heterocycles. The minimum Gasteiger partial charge on any atom is -0.480 e. The van der Waals surface area contributed by atoms with Crippen molar-refractivity contribution in [3.8, 4) is 0 Å². The van der Waals surface area contributed by atoms with Crippen LogP contribution in [0.15, 0.2) is 30.3 Å². The number of likely N-dealkylation sites (N-methyl/N-ethyl adjacent to an activating group) is 2. The molecule has 306 valence electrons. The third-order valence-electron chi connectivity index (χ3n) is 11.3. The van der Waals surface area contributed by atoms with E-state index >= 15 is 0 Å². The second kappa shape index (κ2) is 21.5. The number of amides is 4. The third-order valence-corrected chi connectivity index (χ3v) is 11.3. The molecule has 1 aromatic rings. The van der Waals surface area contributed by atoms with E-state index in [1.807, 2.05) is 97.7 Å². The highest BCUT2D eigenvalue weighted by Crippen LogP contribution is 2.30. The van der Waals surface area contributed by atoms with Gasteiger partial charge in [-0.1, -0.05) is 85.2 Å². The smallest absolute Gasteiger partial charge is 0.326 e. The number of carboxylic acid groups (broad SMARTS) is 1. The van der Waals surface area contributed by atoms with Gasteiger partial charge in [-0.15, -0.1) is 0 Å². The zero-order valence-electron chi connectivity index (χ0n) is 35.0. The van der Waals surface area contributed by atoms with E-state index in [0.717, 1.165) is 12.0 Å².